The zero-order valence-electron chi connectivity index (χ0n) is 8.68. The second-order valence-electron chi connectivity index (χ2n) is 3.29. The second kappa shape index (κ2) is 6.70. The number of phenols is 1. The van der Waals surface area contributed by atoms with Crippen molar-refractivity contribution in [2.45, 2.75) is 9.34 Å². The minimum atomic E-state index is -0.588. The number of aromatic hydroxyl groups is 1. The van der Waals surface area contributed by atoms with Crippen LogP contribution in [0.2, 0.25) is 0 Å². The number of rotatable bonds is 4. The predicted octanol–water partition coefficient (Wildman–Crippen LogP) is 5.27. The Morgan fingerprint density at radius 2 is 1.88 bits per heavy atom. The van der Waals surface area contributed by atoms with Gasteiger partial charge in [-0.1, -0.05) is 53.9 Å². The highest BCUT2D eigenvalue weighted by Gasteiger charge is 2.39. The summed E-state index contributed by atoms with van der Waals surface area (Å²) < 4.78 is 6.93. The topological polar surface area (TPSA) is 29.5 Å². The molecule has 0 amide bonds. The van der Waals surface area contributed by atoms with Gasteiger partial charge in [-0.05, 0) is 37.9 Å². The molecule has 7 heteroatoms. The standard InChI is InChI=1S/C10H9Br5O2/c1-17-10(4-11,9(14)15)5-2-3-6(16)8(13)7(5)12/h2-3,9,16H,4H2,1H3. The van der Waals surface area contributed by atoms with Crippen LogP contribution < -0.4 is 0 Å². The van der Waals surface area contributed by atoms with Gasteiger partial charge in [0.2, 0.25) is 0 Å². The Hall–Kier alpha value is 1.38. The van der Waals surface area contributed by atoms with Crippen LogP contribution in [0.5, 0.6) is 5.75 Å². The van der Waals surface area contributed by atoms with Crippen LogP contribution in [0.4, 0.5) is 0 Å². The number of halogens is 5. The van der Waals surface area contributed by atoms with Gasteiger partial charge in [0.25, 0.3) is 0 Å². The molecule has 0 heterocycles. The van der Waals surface area contributed by atoms with Gasteiger partial charge in [0.05, 0.1) is 4.47 Å². The Morgan fingerprint density at radius 3 is 2.29 bits per heavy atom. The lowest BCUT2D eigenvalue weighted by Gasteiger charge is -2.34. The first-order valence-electron chi connectivity index (χ1n) is 4.47. The molecule has 0 aliphatic carbocycles. The van der Waals surface area contributed by atoms with Crippen molar-refractivity contribution >= 4 is 79.6 Å². The zero-order chi connectivity index (χ0) is 13.2. The van der Waals surface area contributed by atoms with E-state index in [-0.39, 0.29) is 9.49 Å². The smallest absolute Gasteiger partial charge is 0.130 e. The van der Waals surface area contributed by atoms with Crippen LogP contribution in [0.3, 0.4) is 0 Å². The van der Waals surface area contributed by atoms with Crippen molar-refractivity contribution in [1.82, 2.24) is 0 Å². The van der Waals surface area contributed by atoms with Gasteiger partial charge in [0, 0.05) is 22.5 Å². The van der Waals surface area contributed by atoms with E-state index in [1.807, 2.05) is 6.07 Å². The lowest BCUT2D eigenvalue weighted by Crippen LogP contribution is -2.37. The molecule has 0 spiro atoms. The third-order valence-corrected chi connectivity index (χ3v) is 6.90. The fraction of sp³-hybridized carbons (Fsp3) is 0.400. The van der Waals surface area contributed by atoms with Gasteiger partial charge in [0.15, 0.2) is 0 Å². The molecular formula is C10H9Br5O2. The van der Waals surface area contributed by atoms with Crippen molar-refractivity contribution in [3.63, 3.8) is 0 Å². The molecule has 1 aromatic carbocycles. The van der Waals surface area contributed by atoms with Crippen molar-refractivity contribution in [3.8, 4) is 5.75 Å². The molecule has 2 nitrogen and oxygen atoms in total. The summed E-state index contributed by atoms with van der Waals surface area (Å²) in [4.78, 5) is 0. The number of benzene rings is 1. The molecule has 0 aromatic heterocycles. The average molecular weight is 561 g/mol. The molecule has 0 aliphatic heterocycles. The Bertz CT molecular complexity index is 404. The van der Waals surface area contributed by atoms with Crippen LogP contribution in [0.25, 0.3) is 0 Å². The highest BCUT2D eigenvalue weighted by atomic mass is 79.9. The fourth-order valence-electron chi connectivity index (χ4n) is 1.37. The molecule has 0 radical (unpaired) electrons. The molecule has 1 rings (SSSR count). The number of hydrogen-bond donors (Lipinski definition) is 1. The monoisotopic (exact) mass is 556 g/mol. The van der Waals surface area contributed by atoms with Crippen LogP contribution in [-0.2, 0) is 10.3 Å². The molecule has 1 N–H and O–H groups in total. The van der Waals surface area contributed by atoms with Gasteiger partial charge >= 0.3 is 0 Å². The van der Waals surface area contributed by atoms with Gasteiger partial charge in [-0.15, -0.1) is 0 Å². The van der Waals surface area contributed by atoms with Gasteiger partial charge in [0.1, 0.15) is 15.1 Å². The maximum Gasteiger partial charge on any atom is 0.130 e. The van der Waals surface area contributed by atoms with Crippen LogP contribution in [0.1, 0.15) is 5.56 Å². The predicted molar refractivity (Wildman–Crippen MR) is 87.6 cm³/mol. The Labute approximate surface area is 142 Å². The molecule has 1 atom stereocenters. The normalized spacial score (nSPS) is 15.0. The molecular weight excluding hydrogens is 552 g/mol. The number of phenolic OH excluding ortho intramolecular Hbond substituents is 1. The minimum Gasteiger partial charge on any atom is -0.507 e. The maximum absolute atomic E-state index is 9.62. The molecule has 0 bridgehead atoms. The Morgan fingerprint density at radius 1 is 1.29 bits per heavy atom. The van der Waals surface area contributed by atoms with Gasteiger partial charge in [-0.3, -0.25) is 0 Å². The molecule has 96 valence electrons. The van der Waals surface area contributed by atoms with Crippen molar-refractivity contribution in [3.05, 3.63) is 26.6 Å². The minimum absolute atomic E-state index is 0.0837. The van der Waals surface area contributed by atoms with Crippen LogP contribution in [0, 0.1) is 0 Å². The summed E-state index contributed by atoms with van der Waals surface area (Å²) in [6, 6.07) is 3.45. The first-order valence-corrected chi connectivity index (χ1v) is 9.01. The van der Waals surface area contributed by atoms with E-state index in [2.05, 4.69) is 79.6 Å². The van der Waals surface area contributed by atoms with Crippen molar-refractivity contribution in [2.24, 2.45) is 0 Å². The fourth-order valence-corrected chi connectivity index (χ4v) is 5.30. The summed E-state index contributed by atoms with van der Waals surface area (Å²) in [6.45, 7) is 0. The summed E-state index contributed by atoms with van der Waals surface area (Å²) in [6.07, 6.45) is 0. The van der Waals surface area contributed by atoms with E-state index < -0.39 is 5.60 Å². The molecule has 17 heavy (non-hydrogen) atoms. The van der Waals surface area contributed by atoms with Crippen molar-refractivity contribution in [2.75, 3.05) is 12.4 Å². The SMILES string of the molecule is COC(CBr)(c1ccc(O)c(Br)c1Br)C(Br)Br. The van der Waals surface area contributed by atoms with E-state index in [1.165, 1.54) is 0 Å². The number of alkyl halides is 3. The average Bonchev–Trinajstić information content (AvgIpc) is 2.30. The van der Waals surface area contributed by atoms with E-state index in [0.29, 0.717) is 9.80 Å². The quantitative estimate of drug-likeness (QED) is 0.509. The lowest BCUT2D eigenvalue weighted by molar-refractivity contribution is 0.0242. The summed E-state index contributed by atoms with van der Waals surface area (Å²) in [7, 11) is 1.64. The molecule has 0 saturated heterocycles. The van der Waals surface area contributed by atoms with E-state index in [4.69, 9.17) is 4.74 Å². The van der Waals surface area contributed by atoms with Gasteiger partial charge in [-0.25, -0.2) is 0 Å². The van der Waals surface area contributed by atoms with Crippen LogP contribution in [0.15, 0.2) is 21.1 Å². The van der Waals surface area contributed by atoms with Crippen LogP contribution in [-0.4, -0.2) is 21.3 Å². The van der Waals surface area contributed by atoms with E-state index in [0.717, 1.165) is 10.0 Å². The van der Waals surface area contributed by atoms with Gasteiger partial charge in [-0.2, -0.15) is 0 Å². The first-order chi connectivity index (χ1) is 7.90. The highest BCUT2D eigenvalue weighted by Crippen LogP contribution is 2.45. The number of methoxy groups -OCH3 is 1. The molecule has 0 fully saturated rings. The Kier molecular flexibility index (Phi) is 6.48. The molecule has 0 saturated carbocycles. The third-order valence-electron chi connectivity index (χ3n) is 2.43. The molecule has 1 aromatic rings. The lowest BCUT2D eigenvalue weighted by atomic mass is 9.98. The zero-order valence-corrected chi connectivity index (χ0v) is 16.6. The number of hydrogen-bond acceptors (Lipinski definition) is 2. The Balaban J connectivity index is 3.44. The van der Waals surface area contributed by atoms with Crippen molar-refractivity contribution in [1.29, 1.82) is 0 Å². The van der Waals surface area contributed by atoms with E-state index in [1.54, 1.807) is 13.2 Å². The second-order valence-corrected chi connectivity index (χ2v) is 8.50. The maximum atomic E-state index is 9.62. The van der Waals surface area contributed by atoms with Crippen LogP contribution >= 0.6 is 79.6 Å². The summed E-state index contributed by atoms with van der Waals surface area (Å²) in [5.41, 5.74) is 0.329. The molecule has 0 aliphatic rings. The highest BCUT2D eigenvalue weighted by molar-refractivity contribution is 9.24. The molecule has 1 unspecified atom stereocenters. The third kappa shape index (κ3) is 3.11. The summed E-state index contributed by atoms with van der Waals surface area (Å²) in [5, 5.41) is 10.2. The summed E-state index contributed by atoms with van der Waals surface area (Å²) in [5.74, 6) is 0.181. The van der Waals surface area contributed by atoms with Crippen molar-refractivity contribution < 1.29 is 9.84 Å². The van der Waals surface area contributed by atoms with E-state index >= 15 is 0 Å². The van der Waals surface area contributed by atoms with Gasteiger partial charge < -0.3 is 9.84 Å². The largest absolute Gasteiger partial charge is 0.507 e. The number of ether oxygens (including phenoxy) is 1. The first kappa shape index (κ1) is 16.4. The van der Waals surface area contributed by atoms with E-state index in [9.17, 15) is 5.11 Å². The summed E-state index contributed by atoms with van der Waals surface area (Å²) >= 11 is 17.3.